The summed E-state index contributed by atoms with van der Waals surface area (Å²) < 4.78 is 12.3. The predicted molar refractivity (Wildman–Crippen MR) is 157 cm³/mol. The Bertz CT molecular complexity index is 1410. The number of anilines is 1. The van der Waals surface area contributed by atoms with Gasteiger partial charge >= 0.3 is 0 Å². The van der Waals surface area contributed by atoms with Crippen molar-refractivity contribution in [2.24, 2.45) is 11.8 Å². The molecule has 2 saturated heterocycles. The number of carbonyl (C=O) groups is 3. The third-order valence-electron chi connectivity index (χ3n) is 9.18. The van der Waals surface area contributed by atoms with E-state index in [9.17, 15) is 19.5 Å². The van der Waals surface area contributed by atoms with Crippen molar-refractivity contribution in [3.63, 3.8) is 0 Å². The van der Waals surface area contributed by atoms with Gasteiger partial charge in [-0.3, -0.25) is 14.4 Å². The number of carbonyl (C=O) groups excluding carboxylic acids is 3. The molecule has 0 radical (unpaired) electrons. The largest absolute Gasteiger partial charge is 0.497 e. The Labute approximate surface area is 246 Å². The molecule has 9 nitrogen and oxygen atoms in total. The number of benzene rings is 2. The molecule has 220 valence electrons. The molecule has 3 amide bonds. The summed E-state index contributed by atoms with van der Waals surface area (Å²) in [5, 5.41) is 9.67. The highest BCUT2D eigenvalue weighted by molar-refractivity contribution is 6.06. The van der Waals surface area contributed by atoms with E-state index in [1.807, 2.05) is 73.7 Å². The monoisotopic (exact) mass is 571 g/mol. The van der Waals surface area contributed by atoms with Crippen molar-refractivity contribution in [1.82, 2.24) is 9.80 Å². The van der Waals surface area contributed by atoms with Gasteiger partial charge < -0.3 is 29.3 Å². The highest BCUT2D eigenvalue weighted by Crippen LogP contribution is 2.58. The average molecular weight is 572 g/mol. The highest BCUT2D eigenvalue weighted by Gasteiger charge is 2.75. The molecule has 4 aliphatic rings. The third kappa shape index (κ3) is 4.34. The molecule has 4 aliphatic heterocycles. The van der Waals surface area contributed by atoms with Crippen molar-refractivity contribution >= 4 is 23.4 Å². The molecule has 2 aromatic rings. The molecule has 0 aromatic heterocycles. The van der Waals surface area contributed by atoms with Crippen LogP contribution >= 0.6 is 0 Å². The molecule has 0 aliphatic carbocycles. The topological polar surface area (TPSA) is 99.6 Å². The van der Waals surface area contributed by atoms with E-state index in [4.69, 9.17) is 9.47 Å². The summed E-state index contributed by atoms with van der Waals surface area (Å²) >= 11 is 0. The number of aliphatic hydroxyl groups is 1. The summed E-state index contributed by atoms with van der Waals surface area (Å²) in [6.45, 7) is 3.11. The second kappa shape index (κ2) is 11.0. The first-order chi connectivity index (χ1) is 20.4. The fourth-order valence-electron chi connectivity index (χ4n) is 7.23. The van der Waals surface area contributed by atoms with Gasteiger partial charge in [-0.05, 0) is 42.7 Å². The molecule has 1 spiro atoms. The van der Waals surface area contributed by atoms with Crippen molar-refractivity contribution < 1.29 is 29.0 Å². The fraction of sp³-hybridized carbons (Fsp3) is 0.424. The lowest BCUT2D eigenvalue weighted by atomic mass is 9.73. The van der Waals surface area contributed by atoms with Gasteiger partial charge in [0.2, 0.25) is 11.8 Å². The summed E-state index contributed by atoms with van der Waals surface area (Å²) in [6.07, 6.45) is 8.41. The van der Waals surface area contributed by atoms with Crippen molar-refractivity contribution in [2.45, 2.75) is 43.6 Å². The Morgan fingerprint density at radius 2 is 1.67 bits per heavy atom. The SMILES string of the molecule is CC[C@@]12C=CCN(Cc3ccccc3)C(=O)[C@@H]1[C@H]1C(=O)N(CCCO)C3C(=O)N(c4ccc(OC)cc4)CC=C[C@@]31O2. The summed E-state index contributed by atoms with van der Waals surface area (Å²) in [5.74, 6) is -1.73. The number of amides is 3. The van der Waals surface area contributed by atoms with E-state index >= 15 is 0 Å². The number of methoxy groups -OCH3 is 1. The minimum absolute atomic E-state index is 0.129. The number of fused-ring (bicyclic) bond motifs is 2. The van der Waals surface area contributed by atoms with Crippen LogP contribution in [0.3, 0.4) is 0 Å². The van der Waals surface area contributed by atoms with Crippen molar-refractivity contribution in [1.29, 1.82) is 0 Å². The zero-order valence-corrected chi connectivity index (χ0v) is 24.0. The van der Waals surface area contributed by atoms with Crippen LogP contribution in [0.5, 0.6) is 5.75 Å². The van der Waals surface area contributed by atoms with E-state index in [0.29, 0.717) is 37.4 Å². The summed E-state index contributed by atoms with van der Waals surface area (Å²) in [4.78, 5) is 48.3. The lowest BCUT2D eigenvalue weighted by Gasteiger charge is -2.38. The van der Waals surface area contributed by atoms with Gasteiger partial charge in [0.05, 0.1) is 24.5 Å². The van der Waals surface area contributed by atoms with Gasteiger partial charge in [0, 0.05) is 38.5 Å². The van der Waals surface area contributed by atoms with E-state index in [1.54, 1.807) is 33.9 Å². The van der Waals surface area contributed by atoms with Crippen molar-refractivity contribution in [2.75, 3.05) is 38.3 Å². The zero-order chi connectivity index (χ0) is 29.5. The Balaban J connectivity index is 1.43. The van der Waals surface area contributed by atoms with E-state index in [1.165, 1.54) is 0 Å². The van der Waals surface area contributed by atoms with Gasteiger partial charge in [0.15, 0.2) is 0 Å². The first-order valence-electron chi connectivity index (χ1n) is 14.6. The van der Waals surface area contributed by atoms with Gasteiger partial charge in [-0.15, -0.1) is 0 Å². The molecular formula is C33H37N3O6. The zero-order valence-electron chi connectivity index (χ0n) is 24.0. The number of hydrogen-bond acceptors (Lipinski definition) is 6. The van der Waals surface area contributed by atoms with Crippen LogP contribution in [0, 0.1) is 11.8 Å². The maximum Gasteiger partial charge on any atom is 0.253 e. The molecule has 4 heterocycles. The van der Waals surface area contributed by atoms with Gasteiger partial charge in [0.25, 0.3) is 5.91 Å². The van der Waals surface area contributed by atoms with E-state index in [0.717, 1.165) is 5.56 Å². The van der Waals surface area contributed by atoms with Crippen LogP contribution in [0.15, 0.2) is 78.9 Å². The molecule has 2 aromatic carbocycles. The van der Waals surface area contributed by atoms with Gasteiger partial charge in [-0.2, -0.15) is 0 Å². The molecule has 6 rings (SSSR count). The molecule has 42 heavy (non-hydrogen) atoms. The molecule has 9 heteroatoms. The quantitative estimate of drug-likeness (QED) is 0.490. The third-order valence-corrected chi connectivity index (χ3v) is 9.18. The van der Waals surface area contributed by atoms with Crippen LogP contribution in [0.4, 0.5) is 5.69 Å². The lowest BCUT2D eigenvalue weighted by Crippen LogP contribution is -2.56. The number of aliphatic hydroxyl groups excluding tert-OH is 1. The van der Waals surface area contributed by atoms with Gasteiger partial charge in [-0.25, -0.2) is 0 Å². The van der Waals surface area contributed by atoms with Crippen molar-refractivity contribution in [3.05, 3.63) is 84.5 Å². The lowest BCUT2D eigenvalue weighted by molar-refractivity contribution is -0.150. The number of rotatable bonds is 8. The Kier molecular flexibility index (Phi) is 7.41. The number of nitrogens with zero attached hydrogens (tertiary/aromatic N) is 3. The van der Waals surface area contributed by atoms with Crippen LogP contribution in [-0.4, -0.2) is 83.2 Å². The first kappa shape index (κ1) is 28.2. The Morgan fingerprint density at radius 1 is 0.929 bits per heavy atom. The highest BCUT2D eigenvalue weighted by atomic mass is 16.5. The van der Waals surface area contributed by atoms with Gasteiger partial charge in [0.1, 0.15) is 17.4 Å². The molecule has 0 bridgehead atoms. The Hall–Kier alpha value is -3.95. The number of ether oxygens (including phenoxy) is 2. The summed E-state index contributed by atoms with van der Waals surface area (Å²) in [5.41, 5.74) is -0.703. The van der Waals surface area contributed by atoms with Crippen LogP contribution in [0.25, 0.3) is 0 Å². The minimum Gasteiger partial charge on any atom is -0.497 e. The average Bonchev–Trinajstić information content (AvgIpc) is 3.30. The van der Waals surface area contributed by atoms with Crippen molar-refractivity contribution in [3.8, 4) is 5.75 Å². The summed E-state index contributed by atoms with van der Waals surface area (Å²) in [7, 11) is 1.58. The van der Waals surface area contributed by atoms with E-state index < -0.39 is 29.1 Å². The molecule has 2 fully saturated rings. The fourth-order valence-corrected chi connectivity index (χ4v) is 7.23. The van der Waals surface area contributed by atoms with E-state index in [-0.39, 0.29) is 37.4 Å². The summed E-state index contributed by atoms with van der Waals surface area (Å²) in [6, 6.07) is 16.0. The number of hydrogen-bond donors (Lipinski definition) is 1. The first-order valence-corrected chi connectivity index (χ1v) is 14.6. The normalized spacial score (nSPS) is 30.2. The minimum atomic E-state index is -1.33. The maximum atomic E-state index is 14.5. The van der Waals surface area contributed by atoms with E-state index in [2.05, 4.69) is 0 Å². The molecule has 5 atom stereocenters. The second-order valence-corrected chi connectivity index (χ2v) is 11.4. The Morgan fingerprint density at radius 3 is 2.36 bits per heavy atom. The van der Waals surface area contributed by atoms with Crippen LogP contribution in [-0.2, 0) is 25.7 Å². The molecule has 0 saturated carbocycles. The molecule has 1 N–H and O–H groups in total. The van der Waals surface area contributed by atoms with Crippen LogP contribution in [0.2, 0.25) is 0 Å². The molecular weight excluding hydrogens is 534 g/mol. The smallest absolute Gasteiger partial charge is 0.253 e. The molecule has 1 unspecified atom stereocenters. The second-order valence-electron chi connectivity index (χ2n) is 11.4. The number of likely N-dealkylation sites (tertiary alicyclic amines) is 1. The maximum absolute atomic E-state index is 14.5. The standard InChI is InChI=1S/C33H37N3O6/c1-3-32-16-7-18-34(22-23-10-5-4-6-11-23)29(38)26(32)27-30(39)36(20-9-21-37)28-31(40)35(19-8-17-33(27,28)42-32)24-12-14-25(41-2)15-13-24/h4-8,10-17,26-28,37H,3,9,18-22H2,1-2H3/t26-,27-,28?,32+,33-/m0/s1. The predicted octanol–water partition coefficient (Wildman–Crippen LogP) is 2.94. The van der Waals surface area contributed by atoms with Gasteiger partial charge in [-0.1, -0.05) is 61.6 Å². The van der Waals surface area contributed by atoms with Crippen LogP contribution in [0.1, 0.15) is 25.3 Å². The van der Waals surface area contributed by atoms with Crippen LogP contribution < -0.4 is 9.64 Å².